The van der Waals surface area contributed by atoms with Crippen molar-refractivity contribution in [1.82, 2.24) is 0 Å². The van der Waals surface area contributed by atoms with Crippen molar-refractivity contribution in [2.24, 2.45) is 0 Å². The first-order valence-electron chi connectivity index (χ1n) is 3.60. The summed E-state index contributed by atoms with van der Waals surface area (Å²) < 4.78 is 13.3. The van der Waals surface area contributed by atoms with Gasteiger partial charge < -0.3 is 0 Å². The molecule has 0 saturated heterocycles. The van der Waals surface area contributed by atoms with Crippen molar-refractivity contribution < 1.29 is 9.31 Å². The summed E-state index contributed by atoms with van der Waals surface area (Å²) >= 11 is 3.07. The zero-order valence-electron chi connectivity index (χ0n) is 6.83. The molecule has 5 heteroatoms. The van der Waals surface area contributed by atoms with Crippen LogP contribution in [0.4, 0.5) is 4.39 Å². The number of nitrogens with zero attached hydrogens (tertiary/aromatic N) is 1. The fourth-order valence-electron chi connectivity index (χ4n) is 0.938. The van der Waals surface area contributed by atoms with Gasteiger partial charge >= 0.3 is 0 Å². The number of benzene rings is 1. The monoisotopic (exact) mass is 247 g/mol. The van der Waals surface area contributed by atoms with Crippen molar-refractivity contribution in [3.63, 3.8) is 0 Å². The lowest BCUT2D eigenvalue weighted by Gasteiger charge is -2.04. The summed E-state index contributed by atoms with van der Waals surface area (Å²) in [6.45, 7) is 1.42. The van der Waals surface area contributed by atoms with Crippen LogP contribution in [0, 0.1) is 15.9 Å². The maximum absolute atomic E-state index is 12.8. The molecule has 1 aromatic carbocycles. The molecule has 0 N–H and O–H groups in total. The minimum atomic E-state index is -0.882. The molecule has 0 heterocycles. The molecule has 0 radical (unpaired) electrons. The summed E-state index contributed by atoms with van der Waals surface area (Å²) in [5, 5.41) is 10.4. The van der Waals surface area contributed by atoms with E-state index < -0.39 is 16.8 Å². The van der Waals surface area contributed by atoms with E-state index in [0.717, 1.165) is 6.07 Å². The second-order valence-corrected chi connectivity index (χ2v) is 3.58. The van der Waals surface area contributed by atoms with E-state index in [-0.39, 0.29) is 0 Å². The third kappa shape index (κ3) is 2.48. The summed E-state index contributed by atoms with van der Waals surface area (Å²) in [7, 11) is 0. The first-order chi connectivity index (χ1) is 6.00. The molecule has 3 nitrogen and oxygen atoms in total. The highest BCUT2D eigenvalue weighted by molar-refractivity contribution is 9.10. The molecule has 1 atom stereocenters. The molecule has 0 aliphatic heterocycles. The third-order valence-electron chi connectivity index (χ3n) is 1.68. The molecule has 0 aliphatic carbocycles. The van der Waals surface area contributed by atoms with Crippen molar-refractivity contribution in [2.45, 2.75) is 13.0 Å². The van der Waals surface area contributed by atoms with E-state index >= 15 is 0 Å². The Morgan fingerprint density at radius 3 is 2.62 bits per heavy atom. The number of hydrogen-bond donors (Lipinski definition) is 0. The summed E-state index contributed by atoms with van der Waals surface area (Å²) in [6.07, 6.45) is 0. The quantitative estimate of drug-likeness (QED) is 0.596. The molecular weight excluding hydrogens is 241 g/mol. The summed E-state index contributed by atoms with van der Waals surface area (Å²) in [5.41, 5.74) is 0.358. The Labute approximate surface area is 82.8 Å². The van der Waals surface area contributed by atoms with Crippen molar-refractivity contribution in [1.29, 1.82) is 0 Å². The van der Waals surface area contributed by atoms with Crippen LogP contribution in [0.1, 0.15) is 18.5 Å². The van der Waals surface area contributed by atoms with E-state index in [1.54, 1.807) is 0 Å². The Kier molecular flexibility index (Phi) is 2.98. The minimum absolute atomic E-state index is 0.358. The Morgan fingerprint density at radius 2 is 2.15 bits per heavy atom. The zero-order valence-corrected chi connectivity index (χ0v) is 8.42. The van der Waals surface area contributed by atoms with Crippen LogP contribution in [0.3, 0.4) is 0 Å². The summed E-state index contributed by atoms with van der Waals surface area (Å²) in [6, 6.07) is 3.08. The van der Waals surface area contributed by atoms with Gasteiger partial charge in [-0.3, -0.25) is 10.1 Å². The molecule has 1 rings (SSSR count). The van der Waals surface area contributed by atoms with Gasteiger partial charge in [0, 0.05) is 21.9 Å². The molecule has 13 heavy (non-hydrogen) atoms. The molecule has 0 fully saturated rings. The summed E-state index contributed by atoms with van der Waals surface area (Å²) in [5.74, 6) is -0.474. The maximum Gasteiger partial charge on any atom is 0.235 e. The van der Waals surface area contributed by atoms with Gasteiger partial charge in [-0.05, 0) is 18.2 Å². The first kappa shape index (κ1) is 10.1. The van der Waals surface area contributed by atoms with Crippen LogP contribution in [0.2, 0.25) is 0 Å². The molecule has 0 aromatic heterocycles. The van der Waals surface area contributed by atoms with Gasteiger partial charge in [-0.1, -0.05) is 15.9 Å². The van der Waals surface area contributed by atoms with Gasteiger partial charge in [0.1, 0.15) is 5.82 Å². The van der Waals surface area contributed by atoms with Crippen LogP contribution < -0.4 is 0 Å². The van der Waals surface area contributed by atoms with E-state index in [0.29, 0.717) is 10.0 Å². The molecule has 0 spiro atoms. The molecular formula is C8H7BrFNO2. The van der Waals surface area contributed by atoms with Gasteiger partial charge in [-0.2, -0.15) is 0 Å². The van der Waals surface area contributed by atoms with Crippen LogP contribution in [-0.2, 0) is 0 Å². The third-order valence-corrected chi connectivity index (χ3v) is 2.14. The predicted molar refractivity (Wildman–Crippen MR) is 49.5 cm³/mol. The van der Waals surface area contributed by atoms with Crippen LogP contribution in [-0.4, -0.2) is 4.92 Å². The lowest BCUT2D eigenvalue weighted by molar-refractivity contribution is -0.524. The van der Waals surface area contributed by atoms with Crippen LogP contribution >= 0.6 is 15.9 Å². The van der Waals surface area contributed by atoms with E-state index in [1.165, 1.54) is 19.1 Å². The highest BCUT2D eigenvalue weighted by Gasteiger charge is 2.16. The fraction of sp³-hybridized carbons (Fsp3) is 0.250. The fourth-order valence-corrected chi connectivity index (χ4v) is 1.42. The van der Waals surface area contributed by atoms with E-state index in [2.05, 4.69) is 15.9 Å². The SMILES string of the molecule is CC(c1cc(F)cc(Br)c1)[N+](=O)[O-]. The highest BCUT2D eigenvalue weighted by Crippen LogP contribution is 2.21. The zero-order chi connectivity index (χ0) is 10.0. The largest absolute Gasteiger partial charge is 0.264 e. The molecule has 0 amide bonds. The molecule has 70 valence electrons. The number of nitro groups is 1. The Balaban J connectivity index is 3.07. The van der Waals surface area contributed by atoms with Gasteiger partial charge in [0.25, 0.3) is 0 Å². The van der Waals surface area contributed by atoms with E-state index in [9.17, 15) is 14.5 Å². The van der Waals surface area contributed by atoms with E-state index in [4.69, 9.17) is 0 Å². The standard InChI is InChI=1S/C8H7BrFNO2/c1-5(11(12)13)6-2-7(9)4-8(10)3-6/h2-5H,1H3. The second kappa shape index (κ2) is 3.83. The Hall–Kier alpha value is -0.970. The lowest BCUT2D eigenvalue weighted by Crippen LogP contribution is -2.06. The highest BCUT2D eigenvalue weighted by atomic mass is 79.9. The average molecular weight is 248 g/mol. The Morgan fingerprint density at radius 1 is 1.54 bits per heavy atom. The average Bonchev–Trinajstić information content (AvgIpc) is 2.01. The number of rotatable bonds is 2. The summed E-state index contributed by atoms with van der Waals surface area (Å²) in [4.78, 5) is 9.93. The van der Waals surface area contributed by atoms with Crippen molar-refractivity contribution in [2.75, 3.05) is 0 Å². The smallest absolute Gasteiger partial charge is 0.235 e. The molecule has 1 unspecified atom stereocenters. The van der Waals surface area contributed by atoms with Crippen LogP contribution in [0.5, 0.6) is 0 Å². The maximum atomic E-state index is 12.8. The van der Waals surface area contributed by atoms with Gasteiger partial charge in [-0.15, -0.1) is 0 Å². The van der Waals surface area contributed by atoms with Gasteiger partial charge in [0.2, 0.25) is 6.04 Å². The lowest BCUT2D eigenvalue weighted by atomic mass is 10.1. The van der Waals surface area contributed by atoms with Crippen LogP contribution in [0.15, 0.2) is 22.7 Å². The molecule has 0 saturated carbocycles. The second-order valence-electron chi connectivity index (χ2n) is 2.66. The predicted octanol–water partition coefficient (Wildman–Crippen LogP) is 2.93. The topological polar surface area (TPSA) is 43.1 Å². The van der Waals surface area contributed by atoms with Crippen molar-refractivity contribution >= 4 is 15.9 Å². The molecule has 0 aliphatic rings. The van der Waals surface area contributed by atoms with Gasteiger partial charge in [0.15, 0.2) is 0 Å². The van der Waals surface area contributed by atoms with Gasteiger partial charge in [-0.25, -0.2) is 4.39 Å². The number of hydrogen-bond acceptors (Lipinski definition) is 2. The van der Waals surface area contributed by atoms with Crippen molar-refractivity contribution in [3.05, 3.63) is 44.2 Å². The first-order valence-corrected chi connectivity index (χ1v) is 4.39. The van der Waals surface area contributed by atoms with Gasteiger partial charge in [0.05, 0.1) is 0 Å². The minimum Gasteiger partial charge on any atom is -0.264 e. The Bertz CT molecular complexity index is 323. The normalized spacial score (nSPS) is 12.5. The van der Waals surface area contributed by atoms with Crippen LogP contribution in [0.25, 0.3) is 0 Å². The van der Waals surface area contributed by atoms with E-state index in [1.807, 2.05) is 0 Å². The molecule has 1 aromatic rings. The van der Waals surface area contributed by atoms with Crippen molar-refractivity contribution in [3.8, 4) is 0 Å². The molecule has 0 bridgehead atoms. The number of halogens is 2.